The monoisotopic (exact) mass is 908 g/mol. The Balaban J connectivity index is 0.000000179. The smallest absolute Gasteiger partial charge is 0.367 e. The third-order valence-corrected chi connectivity index (χ3v) is 9.14. The zero-order valence-electron chi connectivity index (χ0n) is 33.9. The van der Waals surface area contributed by atoms with E-state index in [0.717, 1.165) is 56.0 Å². The molecule has 0 bridgehead atoms. The molecule has 0 aliphatic heterocycles. The molecule has 0 radical (unpaired) electrons. The molecule has 6 aromatic rings. The van der Waals surface area contributed by atoms with Gasteiger partial charge in [-0.3, -0.25) is 20.2 Å². The fraction of sp³-hybridized carbons (Fsp3) is 0.238. The lowest BCUT2D eigenvalue weighted by atomic mass is 10.2. The first kappa shape index (κ1) is 46.9. The maximum absolute atomic E-state index is 13.8. The van der Waals surface area contributed by atoms with Gasteiger partial charge in [-0.25, -0.2) is 30.0 Å². The third kappa shape index (κ3) is 15.3. The molecule has 340 valence electrons. The van der Waals surface area contributed by atoms with Crippen LogP contribution in [0.1, 0.15) is 53.0 Å². The number of aromatic nitrogens is 6. The number of benzene rings is 2. The molecule has 2 aliphatic carbocycles. The standard InChI is InChI=1S/C21H19F4N7.C13H9F3N2O.C8H12FN5/c22-18-12-28-20(31-19(18)27-9-13-4-5-13)32-29-11-16-6-7-17(10-26-16)30-15-3-1-2-14(8-15)21(23,24)25;14-13(15,16)9-2-1-3-10(6-9)18-11-4-5-12(8-19)17-7-11;9-6-4-12-8(14-10)13-7(6)11-3-5-1-2-5/h1-3,6-8,10-13,30H,4-5,9H2,(H2,27,28,31,32);1-8,18H;4-5H,1-3,10H2,(H2,11,12,13,14)/b29-11+;;. The number of nitrogens with two attached hydrogens (primary N) is 1. The van der Waals surface area contributed by atoms with Gasteiger partial charge in [-0.1, -0.05) is 12.1 Å². The maximum atomic E-state index is 13.8. The Morgan fingerprint density at radius 1 is 0.615 bits per heavy atom. The SMILES string of the molecule is Fc1cnc(N/N=C/c2ccc(Nc3cccc(C(F)(F)F)c3)cn2)nc1NCC1CC1.NNc1ncc(F)c(NCC2CC2)n1.O=Cc1ccc(Nc2cccc(C(F)(F)F)c2)cn1. The summed E-state index contributed by atoms with van der Waals surface area (Å²) in [6.45, 7) is 1.43. The highest BCUT2D eigenvalue weighted by Gasteiger charge is 2.31. The average Bonchev–Trinajstić information content (AvgIpc) is 4.24. The molecule has 0 saturated heterocycles. The van der Waals surface area contributed by atoms with Crippen LogP contribution in [0.2, 0.25) is 0 Å². The Labute approximate surface area is 365 Å². The van der Waals surface area contributed by atoms with Crippen LogP contribution in [0.5, 0.6) is 0 Å². The lowest BCUT2D eigenvalue weighted by molar-refractivity contribution is -0.138. The second kappa shape index (κ2) is 21.7. The van der Waals surface area contributed by atoms with Crippen LogP contribution >= 0.6 is 0 Å². The number of pyridine rings is 2. The van der Waals surface area contributed by atoms with Gasteiger partial charge in [-0.05, 0) is 98.2 Å². The van der Waals surface area contributed by atoms with Crippen molar-refractivity contribution in [3.8, 4) is 0 Å². The molecule has 8 N–H and O–H groups in total. The number of hydrazine groups is 1. The van der Waals surface area contributed by atoms with E-state index in [1.165, 1.54) is 61.8 Å². The number of carbonyl (C=O) groups is 1. The Hall–Kier alpha value is -7.56. The maximum Gasteiger partial charge on any atom is 0.416 e. The highest BCUT2D eigenvalue weighted by Crippen LogP contribution is 2.33. The van der Waals surface area contributed by atoms with E-state index in [-0.39, 0.29) is 29.2 Å². The van der Waals surface area contributed by atoms with Crippen LogP contribution in [0.4, 0.5) is 81.4 Å². The summed E-state index contributed by atoms with van der Waals surface area (Å²) >= 11 is 0. The predicted octanol–water partition coefficient (Wildman–Crippen LogP) is 9.42. The Morgan fingerprint density at radius 3 is 1.52 bits per heavy atom. The van der Waals surface area contributed by atoms with Crippen molar-refractivity contribution < 1.29 is 39.9 Å². The van der Waals surface area contributed by atoms with Crippen molar-refractivity contribution >= 4 is 58.8 Å². The third-order valence-electron chi connectivity index (χ3n) is 9.14. The number of aldehydes is 1. The molecule has 0 spiro atoms. The fourth-order valence-corrected chi connectivity index (χ4v) is 5.37. The molecule has 15 nitrogen and oxygen atoms in total. The minimum atomic E-state index is -4.41. The van der Waals surface area contributed by atoms with Gasteiger partial charge in [-0.15, -0.1) is 0 Å². The van der Waals surface area contributed by atoms with E-state index in [1.54, 1.807) is 18.2 Å². The molecular weight excluding hydrogens is 869 g/mol. The zero-order chi connectivity index (χ0) is 46.4. The van der Waals surface area contributed by atoms with E-state index in [0.29, 0.717) is 53.1 Å². The van der Waals surface area contributed by atoms with Gasteiger partial charge >= 0.3 is 12.4 Å². The molecule has 2 aliphatic rings. The summed E-state index contributed by atoms with van der Waals surface area (Å²) in [5, 5.41) is 15.5. The van der Waals surface area contributed by atoms with E-state index in [1.807, 2.05) is 0 Å². The van der Waals surface area contributed by atoms with Gasteiger partial charge in [0.15, 0.2) is 29.6 Å². The minimum Gasteiger partial charge on any atom is -0.367 e. The molecule has 0 unspecified atom stereocenters. The number of hydrogen-bond acceptors (Lipinski definition) is 15. The van der Waals surface area contributed by atoms with Crippen LogP contribution < -0.4 is 38.0 Å². The quantitative estimate of drug-likeness (QED) is 0.0169. The highest BCUT2D eigenvalue weighted by molar-refractivity contribution is 5.78. The first-order chi connectivity index (χ1) is 31.1. The Kier molecular flexibility index (Phi) is 15.7. The van der Waals surface area contributed by atoms with Crippen molar-refractivity contribution in [1.29, 1.82) is 0 Å². The van der Waals surface area contributed by atoms with E-state index in [4.69, 9.17) is 5.84 Å². The molecule has 4 heterocycles. The van der Waals surface area contributed by atoms with Gasteiger partial charge in [-0.2, -0.15) is 41.4 Å². The number of rotatable bonds is 15. The number of alkyl halides is 6. The summed E-state index contributed by atoms with van der Waals surface area (Å²) in [7, 11) is 0. The number of halogens is 8. The van der Waals surface area contributed by atoms with Crippen molar-refractivity contribution in [3.05, 3.63) is 132 Å². The molecular formula is C42H40F8N14O. The molecule has 0 atom stereocenters. The van der Waals surface area contributed by atoms with Gasteiger partial charge in [0.1, 0.15) is 5.69 Å². The summed E-state index contributed by atoms with van der Waals surface area (Å²) < 4.78 is 103. The number of hydrogen-bond donors (Lipinski definition) is 7. The van der Waals surface area contributed by atoms with Crippen LogP contribution in [0.25, 0.3) is 0 Å². The predicted molar refractivity (Wildman–Crippen MR) is 229 cm³/mol. The Bertz CT molecular complexity index is 2520. The molecule has 65 heavy (non-hydrogen) atoms. The molecule has 2 fully saturated rings. The van der Waals surface area contributed by atoms with E-state index >= 15 is 0 Å². The second-order valence-corrected chi connectivity index (χ2v) is 14.4. The summed E-state index contributed by atoms with van der Waals surface area (Å²) in [5.41, 5.74) is 5.79. The number of nitrogens with one attached hydrogen (secondary N) is 6. The van der Waals surface area contributed by atoms with E-state index < -0.39 is 35.1 Å². The lowest BCUT2D eigenvalue weighted by Crippen LogP contribution is -2.13. The number of carbonyl (C=O) groups excluding carboxylic acids is 1. The van der Waals surface area contributed by atoms with Crippen LogP contribution in [0, 0.1) is 23.5 Å². The lowest BCUT2D eigenvalue weighted by Gasteiger charge is -2.10. The number of nitrogen functional groups attached to an aromatic ring is 1. The summed E-state index contributed by atoms with van der Waals surface area (Å²) in [4.78, 5) is 33.8. The highest BCUT2D eigenvalue weighted by atomic mass is 19.4. The normalized spacial score (nSPS) is 13.4. The van der Waals surface area contributed by atoms with Crippen molar-refractivity contribution in [3.63, 3.8) is 0 Å². The van der Waals surface area contributed by atoms with Gasteiger partial charge in [0.2, 0.25) is 11.9 Å². The first-order valence-electron chi connectivity index (χ1n) is 19.7. The molecule has 2 saturated carbocycles. The zero-order valence-corrected chi connectivity index (χ0v) is 33.9. The topological polar surface area (TPSA) is 205 Å². The summed E-state index contributed by atoms with van der Waals surface area (Å²) in [6.07, 6.45) is 2.91. The van der Waals surface area contributed by atoms with Gasteiger partial charge < -0.3 is 21.3 Å². The molecule has 0 amide bonds. The van der Waals surface area contributed by atoms with Crippen LogP contribution in [0.15, 0.2) is 103 Å². The van der Waals surface area contributed by atoms with Crippen LogP contribution in [0.3, 0.4) is 0 Å². The fourth-order valence-electron chi connectivity index (χ4n) is 5.37. The van der Waals surface area contributed by atoms with Crippen molar-refractivity contribution in [2.24, 2.45) is 22.8 Å². The summed E-state index contributed by atoms with van der Waals surface area (Å²) in [6, 6.07) is 16.1. The molecule has 2 aromatic carbocycles. The molecule has 8 rings (SSSR count). The number of hydrazone groups is 1. The van der Waals surface area contributed by atoms with Crippen molar-refractivity contribution in [1.82, 2.24) is 29.9 Å². The van der Waals surface area contributed by atoms with Gasteiger partial charge in [0, 0.05) is 24.5 Å². The van der Waals surface area contributed by atoms with E-state index in [9.17, 15) is 39.9 Å². The minimum absolute atomic E-state index is 0.118. The van der Waals surface area contributed by atoms with Crippen molar-refractivity contribution in [2.75, 3.05) is 45.2 Å². The largest absolute Gasteiger partial charge is 0.416 e. The summed E-state index contributed by atoms with van der Waals surface area (Å²) in [5.74, 6) is 6.02. The van der Waals surface area contributed by atoms with E-state index in [2.05, 4.69) is 67.1 Å². The molecule has 23 heteroatoms. The average molecular weight is 909 g/mol. The van der Waals surface area contributed by atoms with Gasteiger partial charge in [0.25, 0.3) is 0 Å². The molecule has 4 aromatic heterocycles. The first-order valence-corrected chi connectivity index (χ1v) is 19.7. The number of nitrogens with zero attached hydrogens (tertiary/aromatic N) is 7. The van der Waals surface area contributed by atoms with Crippen LogP contribution in [-0.4, -0.2) is 55.5 Å². The number of anilines is 8. The second-order valence-electron chi connectivity index (χ2n) is 14.4. The van der Waals surface area contributed by atoms with Gasteiger partial charge in [0.05, 0.1) is 59.2 Å². The van der Waals surface area contributed by atoms with Crippen molar-refractivity contribution in [2.45, 2.75) is 38.0 Å². The Morgan fingerprint density at radius 2 is 1.09 bits per heavy atom. The van der Waals surface area contributed by atoms with Crippen LogP contribution in [-0.2, 0) is 12.4 Å².